The third kappa shape index (κ3) is 3.13. The van der Waals surface area contributed by atoms with Gasteiger partial charge in [-0.05, 0) is 73.2 Å². The van der Waals surface area contributed by atoms with Gasteiger partial charge in [-0.1, -0.05) is 48.5 Å². The molecule has 0 aliphatic heterocycles. The molecule has 0 unspecified atom stereocenters. The average Bonchev–Trinajstić information content (AvgIpc) is 2.67. The Balaban J connectivity index is 2.16. The van der Waals surface area contributed by atoms with Crippen LogP contribution in [0.15, 0.2) is 69.9 Å². The maximum Gasteiger partial charge on any atom is 0.344 e. The highest BCUT2D eigenvalue weighted by Crippen LogP contribution is 2.42. The van der Waals surface area contributed by atoms with Crippen LogP contribution < -0.4 is 5.63 Å². The highest BCUT2D eigenvalue weighted by atomic mass is 16.4. The molecule has 0 atom stereocenters. The predicted molar refractivity (Wildman–Crippen MR) is 117 cm³/mol. The summed E-state index contributed by atoms with van der Waals surface area (Å²) in [6.07, 6.45) is 0. The first kappa shape index (κ1) is 19.0. The molecule has 0 saturated heterocycles. The molecule has 0 spiro atoms. The predicted octanol–water partition coefficient (Wildman–Crippen LogP) is 5.91. The quantitative estimate of drug-likeness (QED) is 0.447. The summed E-state index contributed by atoms with van der Waals surface area (Å²) in [5, 5.41) is 11.8. The lowest BCUT2D eigenvalue weighted by atomic mass is 9.77. The number of para-hydroxylation sites is 1. The van der Waals surface area contributed by atoms with E-state index in [1.54, 1.807) is 18.2 Å². The van der Waals surface area contributed by atoms with E-state index in [4.69, 9.17) is 4.42 Å². The van der Waals surface area contributed by atoms with Crippen LogP contribution in [0.2, 0.25) is 0 Å². The molecule has 3 heteroatoms. The molecule has 0 saturated carbocycles. The highest BCUT2D eigenvalue weighted by molar-refractivity contribution is 5.84. The van der Waals surface area contributed by atoms with Gasteiger partial charge in [0.05, 0.1) is 10.9 Å². The molecule has 4 rings (SSSR count). The van der Waals surface area contributed by atoms with Crippen molar-refractivity contribution in [3.05, 3.63) is 110 Å². The lowest BCUT2D eigenvalue weighted by Gasteiger charge is -2.26. The van der Waals surface area contributed by atoms with Crippen LogP contribution in [-0.4, -0.2) is 5.11 Å². The van der Waals surface area contributed by atoms with Crippen molar-refractivity contribution in [1.29, 1.82) is 0 Å². The average molecular weight is 384 g/mol. The van der Waals surface area contributed by atoms with Gasteiger partial charge in [-0.2, -0.15) is 0 Å². The molecule has 1 N–H and O–H groups in total. The number of hydrogen-bond donors (Lipinski definition) is 1. The lowest BCUT2D eigenvalue weighted by Crippen LogP contribution is -2.19. The topological polar surface area (TPSA) is 50.4 Å². The second kappa shape index (κ2) is 7.25. The van der Waals surface area contributed by atoms with Crippen molar-refractivity contribution in [2.75, 3.05) is 0 Å². The fourth-order valence-electron chi connectivity index (χ4n) is 4.40. The third-order valence-corrected chi connectivity index (χ3v) is 5.77. The number of aromatic hydroxyl groups is 1. The van der Waals surface area contributed by atoms with Gasteiger partial charge in [0.1, 0.15) is 11.3 Å². The van der Waals surface area contributed by atoms with E-state index >= 15 is 0 Å². The van der Waals surface area contributed by atoms with Gasteiger partial charge in [-0.25, -0.2) is 4.79 Å². The lowest BCUT2D eigenvalue weighted by molar-refractivity contribution is 0.455. The molecule has 0 fully saturated rings. The zero-order valence-corrected chi connectivity index (χ0v) is 17.1. The Labute approximate surface area is 170 Å². The van der Waals surface area contributed by atoms with Gasteiger partial charge in [0, 0.05) is 5.92 Å². The van der Waals surface area contributed by atoms with E-state index in [-0.39, 0.29) is 5.75 Å². The maximum absolute atomic E-state index is 13.2. The summed E-state index contributed by atoms with van der Waals surface area (Å²) in [4.78, 5) is 13.2. The highest BCUT2D eigenvalue weighted by Gasteiger charge is 2.30. The molecule has 29 heavy (non-hydrogen) atoms. The first-order chi connectivity index (χ1) is 13.9. The van der Waals surface area contributed by atoms with E-state index in [2.05, 4.69) is 0 Å². The van der Waals surface area contributed by atoms with E-state index in [0.717, 1.165) is 33.4 Å². The van der Waals surface area contributed by atoms with Gasteiger partial charge in [0.25, 0.3) is 0 Å². The van der Waals surface area contributed by atoms with Crippen LogP contribution in [0, 0.1) is 27.7 Å². The van der Waals surface area contributed by atoms with Crippen LogP contribution in [0.5, 0.6) is 5.75 Å². The van der Waals surface area contributed by atoms with Crippen LogP contribution in [0.3, 0.4) is 0 Å². The van der Waals surface area contributed by atoms with Gasteiger partial charge in [-0.3, -0.25) is 0 Å². The Hall–Kier alpha value is -3.33. The maximum atomic E-state index is 13.2. The van der Waals surface area contributed by atoms with E-state index in [1.165, 1.54) is 0 Å². The van der Waals surface area contributed by atoms with Gasteiger partial charge in [0.2, 0.25) is 0 Å². The van der Waals surface area contributed by atoms with Crippen molar-refractivity contribution in [2.45, 2.75) is 33.6 Å². The molecular weight excluding hydrogens is 360 g/mol. The molecule has 0 aliphatic rings. The number of aryl methyl sites for hydroxylation is 4. The van der Waals surface area contributed by atoms with Gasteiger partial charge < -0.3 is 9.52 Å². The van der Waals surface area contributed by atoms with Gasteiger partial charge in [-0.15, -0.1) is 0 Å². The molecule has 0 aliphatic carbocycles. The number of benzene rings is 3. The summed E-state index contributed by atoms with van der Waals surface area (Å²) in [7, 11) is 0. The van der Waals surface area contributed by atoms with Crippen molar-refractivity contribution in [1.82, 2.24) is 0 Å². The van der Waals surface area contributed by atoms with Gasteiger partial charge >= 0.3 is 5.63 Å². The molecule has 0 radical (unpaired) electrons. The Morgan fingerprint density at radius 3 is 1.69 bits per heavy atom. The largest absolute Gasteiger partial charge is 0.507 e. The van der Waals surface area contributed by atoms with E-state index < -0.39 is 11.5 Å². The smallest absolute Gasteiger partial charge is 0.344 e. The van der Waals surface area contributed by atoms with Crippen LogP contribution >= 0.6 is 0 Å². The third-order valence-electron chi connectivity index (χ3n) is 5.77. The number of hydrogen-bond acceptors (Lipinski definition) is 3. The van der Waals surface area contributed by atoms with Crippen LogP contribution in [0.1, 0.15) is 44.9 Å². The van der Waals surface area contributed by atoms with Crippen LogP contribution in [0.25, 0.3) is 11.0 Å². The van der Waals surface area contributed by atoms with Crippen molar-refractivity contribution >= 4 is 11.0 Å². The molecule has 4 aromatic rings. The molecule has 0 amide bonds. The normalized spacial score (nSPS) is 11.3. The van der Waals surface area contributed by atoms with Crippen LogP contribution in [0.4, 0.5) is 0 Å². The zero-order chi connectivity index (χ0) is 20.7. The molecular formula is C26H24O3. The molecule has 3 aromatic carbocycles. The molecule has 146 valence electrons. The fourth-order valence-corrected chi connectivity index (χ4v) is 4.40. The van der Waals surface area contributed by atoms with Crippen molar-refractivity contribution in [3.8, 4) is 5.75 Å². The minimum atomic E-state index is -0.503. The standard InChI is InChI=1S/C26H24O3/c1-15-9-7-10-16(2)21(15)23(22-17(3)11-8-12-18(22)4)24-25(27)19-13-5-6-14-20(19)29-26(24)28/h5-14,23,27H,1-4H3. The Morgan fingerprint density at radius 1 is 0.690 bits per heavy atom. The van der Waals surface area contributed by atoms with Crippen molar-refractivity contribution in [3.63, 3.8) is 0 Å². The number of fused-ring (bicyclic) bond motifs is 1. The summed E-state index contributed by atoms with van der Waals surface area (Å²) >= 11 is 0. The van der Waals surface area contributed by atoms with Crippen molar-refractivity contribution < 1.29 is 9.52 Å². The first-order valence-corrected chi connectivity index (χ1v) is 9.77. The molecule has 1 heterocycles. The summed E-state index contributed by atoms with van der Waals surface area (Å²) in [6, 6.07) is 19.3. The first-order valence-electron chi connectivity index (χ1n) is 9.77. The Kier molecular flexibility index (Phi) is 4.75. The summed E-state index contributed by atoms with van der Waals surface area (Å²) in [5.41, 5.74) is 6.53. The van der Waals surface area contributed by atoms with Crippen molar-refractivity contribution in [2.24, 2.45) is 0 Å². The fraction of sp³-hybridized carbons (Fsp3) is 0.192. The summed E-state index contributed by atoms with van der Waals surface area (Å²) < 4.78 is 5.64. The van der Waals surface area contributed by atoms with E-state index in [0.29, 0.717) is 16.5 Å². The Morgan fingerprint density at radius 2 is 1.17 bits per heavy atom. The second-order valence-corrected chi connectivity index (χ2v) is 7.69. The summed E-state index contributed by atoms with van der Waals surface area (Å²) in [6.45, 7) is 8.18. The SMILES string of the molecule is Cc1cccc(C)c1C(c1c(C)cccc1C)c1c(O)c2ccccc2oc1=O. The van der Waals surface area contributed by atoms with Gasteiger partial charge in [0.15, 0.2) is 0 Å². The molecule has 1 aromatic heterocycles. The number of rotatable bonds is 3. The van der Waals surface area contributed by atoms with Crippen LogP contribution in [-0.2, 0) is 0 Å². The zero-order valence-electron chi connectivity index (χ0n) is 17.1. The van der Waals surface area contributed by atoms with E-state index in [1.807, 2.05) is 70.2 Å². The molecule has 0 bridgehead atoms. The monoisotopic (exact) mass is 384 g/mol. The minimum absolute atomic E-state index is 0.00726. The second-order valence-electron chi connectivity index (χ2n) is 7.69. The van der Waals surface area contributed by atoms with E-state index in [9.17, 15) is 9.90 Å². The molecule has 3 nitrogen and oxygen atoms in total. The minimum Gasteiger partial charge on any atom is -0.507 e. The summed E-state index contributed by atoms with van der Waals surface area (Å²) in [5.74, 6) is -0.426. The Bertz CT molecular complexity index is 1190.